The molecule has 6 nitrogen and oxygen atoms in total. The number of aromatic nitrogens is 3. The third-order valence-electron chi connectivity index (χ3n) is 4.12. The van der Waals surface area contributed by atoms with E-state index in [2.05, 4.69) is 33.3 Å². The number of hydrogen-bond acceptors (Lipinski definition) is 5. The summed E-state index contributed by atoms with van der Waals surface area (Å²) >= 11 is 3.50. The fourth-order valence-electron chi connectivity index (χ4n) is 2.75. The number of benzene rings is 1. The molecule has 0 aliphatic carbocycles. The summed E-state index contributed by atoms with van der Waals surface area (Å²) in [7, 11) is -2.57. The topological polar surface area (TPSA) is 76.4 Å². The highest BCUT2D eigenvalue weighted by molar-refractivity contribution is 9.10. The van der Waals surface area contributed by atoms with Crippen LogP contribution in [0.1, 0.15) is 38.3 Å². The lowest BCUT2D eigenvalue weighted by Crippen LogP contribution is -2.04. The Hall–Kier alpha value is -1.93. The molecule has 0 bridgehead atoms. The number of hydrogen-bond donors (Lipinski definition) is 2. The molecule has 0 saturated heterocycles. The van der Waals surface area contributed by atoms with Crippen LogP contribution in [-0.4, -0.2) is 23.0 Å². The molecule has 2 aromatic heterocycles. The van der Waals surface area contributed by atoms with E-state index in [0.29, 0.717) is 4.90 Å². The maximum Gasteiger partial charge on any atom is 0.171 e. The van der Waals surface area contributed by atoms with Crippen molar-refractivity contribution in [3.8, 4) is 0 Å². The van der Waals surface area contributed by atoms with Crippen LogP contribution in [0.2, 0.25) is 0 Å². The van der Waals surface area contributed by atoms with Gasteiger partial charge in [-0.25, -0.2) is 13.4 Å². The van der Waals surface area contributed by atoms with Gasteiger partial charge in [-0.05, 0) is 53.0 Å². The lowest BCUT2D eigenvalue weighted by Gasteiger charge is -2.11. The summed E-state index contributed by atoms with van der Waals surface area (Å²) in [4.78, 5) is 5.00. The van der Waals surface area contributed by atoms with Crippen LogP contribution in [0.5, 0.6) is 0 Å². The van der Waals surface area contributed by atoms with Gasteiger partial charge in [0.25, 0.3) is 0 Å². The van der Waals surface area contributed by atoms with Crippen LogP contribution in [0.4, 0.5) is 11.5 Å². The molecule has 0 fully saturated rings. The normalized spacial score (nSPS) is 11.3. The second-order valence-electron chi connectivity index (χ2n) is 6.10. The molecule has 8 heteroatoms. The van der Waals surface area contributed by atoms with Gasteiger partial charge in [-0.1, -0.05) is 26.2 Å². The van der Waals surface area contributed by atoms with Gasteiger partial charge in [-0.2, -0.15) is 9.61 Å². The smallest absolute Gasteiger partial charge is 0.171 e. The summed E-state index contributed by atoms with van der Waals surface area (Å²) in [6, 6.07) is 8.65. The van der Waals surface area contributed by atoms with E-state index in [9.17, 15) is 8.42 Å². The average Bonchev–Trinajstić information content (AvgIpc) is 3.01. The quantitative estimate of drug-likeness (QED) is 0.405. The van der Waals surface area contributed by atoms with Gasteiger partial charge in [0.05, 0.1) is 15.6 Å². The zero-order chi connectivity index (χ0) is 18.5. The van der Waals surface area contributed by atoms with E-state index in [1.165, 1.54) is 19.3 Å². The molecular weight excluding hydrogens is 416 g/mol. The Balaban J connectivity index is 1.88. The minimum absolute atomic E-state index is 0.295. The van der Waals surface area contributed by atoms with Crippen molar-refractivity contribution in [1.82, 2.24) is 14.6 Å². The van der Waals surface area contributed by atoms with Gasteiger partial charge in [0, 0.05) is 17.4 Å². The fourth-order valence-corrected chi connectivity index (χ4v) is 3.49. The number of unbranched alkanes of at least 4 members (excludes halogenated alkanes) is 3. The van der Waals surface area contributed by atoms with Crippen LogP contribution in [0.25, 0.3) is 5.65 Å². The Labute approximate surface area is 162 Å². The molecule has 3 rings (SSSR count). The van der Waals surface area contributed by atoms with Crippen molar-refractivity contribution in [1.29, 1.82) is 0 Å². The molecule has 0 saturated carbocycles. The minimum Gasteiger partial charge on any atom is -0.340 e. The standard InChI is InChI=1S/C18H21BrN4O2S/c1-2-3-4-5-6-14-11-17(23-18(22-14)16(19)12-20-23)21-13-7-9-15(10-8-13)26(24)25/h7-12,21,26H,2-6H2,1H3. The number of halogens is 1. The lowest BCUT2D eigenvalue weighted by molar-refractivity contribution is 0.614. The highest BCUT2D eigenvalue weighted by Gasteiger charge is 2.10. The van der Waals surface area contributed by atoms with Gasteiger partial charge in [-0.3, -0.25) is 0 Å². The predicted octanol–water partition coefficient (Wildman–Crippen LogP) is 4.33. The molecule has 1 N–H and O–H groups in total. The first-order chi connectivity index (χ1) is 12.6. The highest BCUT2D eigenvalue weighted by Crippen LogP contribution is 2.24. The van der Waals surface area contributed by atoms with Gasteiger partial charge in [-0.15, -0.1) is 0 Å². The number of thiol groups is 1. The van der Waals surface area contributed by atoms with E-state index in [0.717, 1.165) is 40.2 Å². The van der Waals surface area contributed by atoms with Crippen molar-refractivity contribution in [2.45, 2.75) is 43.9 Å². The summed E-state index contributed by atoms with van der Waals surface area (Å²) in [6.45, 7) is 2.20. The zero-order valence-electron chi connectivity index (χ0n) is 14.5. The summed E-state index contributed by atoms with van der Waals surface area (Å²) < 4.78 is 24.6. The van der Waals surface area contributed by atoms with E-state index >= 15 is 0 Å². The SMILES string of the molecule is CCCCCCc1cc(Nc2ccc([SH](=O)=O)cc2)n2ncc(Br)c2n1. The van der Waals surface area contributed by atoms with Crippen molar-refractivity contribution in [2.75, 3.05) is 5.32 Å². The second-order valence-corrected chi connectivity index (χ2v) is 7.99. The highest BCUT2D eigenvalue weighted by atomic mass is 79.9. The summed E-state index contributed by atoms with van der Waals surface area (Å²) in [6.07, 6.45) is 7.38. The first-order valence-electron chi connectivity index (χ1n) is 8.63. The molecule has 26 heavy (non-hydrogen) atoms. The molecule has 0 aliphatic rings. The van der Waals surface area contributed by atoms with Crippen molar-refractivity contribution < 1.29 is 8.42 Å². The lowest BCUT2D eigenvalue weighted by atomic mass is 10.1. The Morgan fingerprint density at radius 3 is 2.62 bits per heavy atom. The molecule has 0 amide bonds. The van der Waals surface area contributed by atoms with Gasteiger partial charge in [0.2, 0.25) is 0 Å². The number of aryl methyl sites for hydroxylation is 1. The van der Waals surface area contributed by atoms with E-state index in [4.69, 9.17) is 4.98 Å². The van der Waals surface area contributed by atoms with E-state index in [-0.39, 0.29) is 0 Å². The summed E-state index contributed by atoms with van der Waals surface area (Å²) in [5.74, 6) is 0.797. The largest absolute Gasteiger partial charge is 0.340 e. The number of rotatable bonds is 8. The van der Waals surface area contributed by atoms with E-state index in [1.54, 1.807) is 35.0 Å². The van der Waals surface area contributed by atoms with Crippen LogP contribution < -0.4 is 5.32 Å². The van der Waals surface area contributed by atoms with Gasteiger partial charge in [0.1, 0.15) is 5.82 Å². The van der Waals surface area contributed by atoms with Crippen LogP contribution in [0, 0.1) is 0 Å². The molecule has 0 atom stereocenters. The van der Waals surface area contributed by atoms with Crippen molar-refractivity contribution >= 4 is 43.8 Å². The second kappa shape index (κ2) is 8.64. The molecule has 2 heterocycles. The first kappa shape index (κ1) is 18.8. The van der Waals surface area contributed by atoms with Crippen LogP contribution in [-0.2, 0) is 17.1 Å². The maximum absolute atomic E-state index is 11.0. The molecule has 0 radical (unpaired) electrons. The van der Waals surface area contributed by atoms with E-state index < -0.39 is 10.7 Å². The van der Waals surface area contributed by atoms with Crippen molar-refractivity contribution in [2.24, 2.45) is 0 Å². The number of anilines is 2. The Kier molecular flexibility index (Phi) is 6.26. The molecule has 0 spiro atoms. The maximum atomic E-state index is 11.0. The third-order valence-corrected chi connectivity index (χ3v) is 5.40. The first-order valence-corrected chi connectivity index (χ1v) is 10.6. The minimum atomic E-state index is -2.57. The third kappa shape index (κ3) is 4.42. The fraction of sp³-hybridized carbons (Fsp3) is 0.333. The number of nitrogens with zero attached hydrogens (tertiary/aromatic N) is 3. The van der Waals surface area contributed by atoms with Crippen LogP contribution in [0.3, 0.4) is 0 Å². The van der Waals surface area contributed by atoms with Crippen LogP contribution >= 0.6 is 15.9 Å². The molecule has 138 valence electrons. The summed E-state index contributed by atoms with van der Waals surface area (Å²) in [5, 5.41) is 7.67. The predicted molar refractivity (Wildman–Crippen MR) is 107 cm³/mol. The van der Waals surface area contributed by atoms with Crippen molar-refractivity contribution in [3.05, 3.63) is 46.7 Å². The van der Waals surface area contributed by atoms with Gasteiger partial charge < -0.3 is 5.32 Å². The number of fused-ring (bicyclic) bond motifs is 1. The van der Waals surface area contributed by atoms with Crippen molar-refractivity contribution in [3.63, 3.8) is 0 Å². The Morgan fingerprint density at radius 1 is 1.15 bits per heavy atom. The molecule has 3 aromatic rings. The monoisotopic (exact) mass is 436 g/mol. The molecular formula is C18H21BrN4O2S. The molecule has 0 aliphatic heterocycles. The van der Waals surface area contributed by atoms with Crippen LogP contribution in [0.15, 0.2) is 45.9 Å². The zero-order valence-corrected chi connectivity index (χ0v) is 17.0. The average molecular weight is 437 g/mol. The van der Waals surface area contributed by atoms with E-state index in [1.807, 2.05) is 6.07 Å². The number of nitrogens with one attached hydrogen (secondary N) is 1. The molecule has 1 aromatic carbocycles. The molecule has 0 unspecified atom stereocenters. The van der Waals surface area contributed by atoms with Gasteiger partial charge in [0.15, 0.2) is 16.4 Å². The Morgan fingerprint density at radius 2 is 1.92 bits per heavy atom. The van der Waals surface area contributed by atoms with Gasteiger partial charge >= 0.3 is 0 Å². The summed E-state index contributed by atoms with van der Waals surface area (Å²) in [5.41, 5.74) is 2.57. The Bertz CT molecular complexity index is 959.